The number of benzene rings is 9. The minimum absolute atomic E-state index is 0.0184. The van der Waals surface area contributed by atoms with Gasteiger partial charge in [-0.2, -0.15) is 0 Å². The molecule has 2 aliphatic carbocycles. The van der Waals surface area contributed by atoms with Crippen molar-refractivity contribution in [3.63, 3.8) is 0 Å². The van der Waals surface area contributed by atoms with Gasteiger partial charge in [-0.1, -0.05) is 184 Å². The van der Waals surface area contributed by atoms with Gasteiger partial charge in [0.25, 0.3) is 0 Å². The maximum atomic E-state index is 2.53. The first-order valence-electron chi connectivity index (χ1n) is 21.9. The van der Waals surface area contributed by atoms with E-state index in [2.05, 4.69) is 215 Å². The molecule has 0 saturated heterocycles. The summed E-state index contributed by atoms with van der Waals surface area (Å²) in [5, 5.41) is 7.94. The van der Waals surface area contributed by atoms with E-state index in [1.54, 1.807) is 0 Å². The van der Waals surface area contributed by atoms with Crippen LogP contribution in [0, 0.1) is 0 Å². The monoisotopic (exact) mass is 774 g/mol. The molecule has 9 aromatic rings. The quantitative estimate of drug-likeness (QED) is 0.157. The third kappa shape index (κ3) is 5.29. The van der Waals surface area contributed by atoms with Crippen LogP contribution < -0.4 is 0 Å². The van der Waals surface area contributed by atoms with Gasteiger partial charge in [-0.25, -0.2) is 0 Å². The molecule has 294 valence electrons. The van der Waals surface area contributed by atoms with Crippen LogP contribution in [0.4, 0.5) is 0 Å². The zero-order valence-electron chi connectivity index (χ0n) is 36.9. The zero-order valence-corrected chi connectivity index (χ0v) is 36.9. The Kier molecular flexibility index (Phi) is 7.59. The molecule has 0 atom stereocenters. The molecule has 0 heteroatoms. The number of fused-ring (bicyclic) bond motifs is 6. The molecule has 9 aromatic carbocycles. The van der Waals surface area contributed by atoms with Crippen LogP contribution in [0.3, 0.4) is 0 Å². The Morgan fingerprint density at radius 3 is 1.57 bits per heavy atom. The topological polar surface area (TPSA) is 0 Å². The average Bonchev–Trinajstić information content (AvgIpc) is 3.60. The third-order valence-corrected chi connectivity index (χ3v) is 14.5. The van der Waals surface area contributed by atoms with Gasteiger partial charge < -0.3 is 0 Å². The van der Waals surface area contributed by atoms with Crippen molar-refractivity contribution in [1.82, 2.24) is 0 Å². The van der Waals surface area contributed by atoms with Gasteiger partial charge in [-0.05, 0) is 162 Å². The smallest absolute Gasteiger partial charge is 0.0159 e. The number of hydrogen-bond acceptors (Lipinski definition) is 0. The summed E-state index contributed by atoms with van der Waals surface area (Å²) in [5.74, 6) is 0. The molecule has 0 spiro atoms. The van der Waals surface area contributed by atoms with Gasteiger partial charge in [0.05, 0.1) is 0 Å². The van der Waals surface area contributed by atoms with E-state index >= 15 is 0 Å². The second kappa shape index (κ2) is 12.3. The molecule has 11 rings (SSSR count). The van der Waals surface area contributed by atoms with Gasteiger partial charge in [0, 0.05) is 10.8 Å². The summed E-state index contributed by atoms with van der Waals surface area (Å²) >= 11 is 0. The highest BCUT2D eigenvalue weighted by molar-refractivity contribution is 6.26. The molecule has 0 aromatic heterocycles. The van der Waals surface area contributed by atoms with E-state index < -0.39 is 0 Å². The Bertz CT molecular complexity index is 3260. The van der Waals surface area contributed by atoms with Crippen LogP contribution in [-0.2, 0) is 21.7 Å². The number of rotatable bonds is 3. The van der Waals surface area contributed by atoms with Crippen LogP contribution in [0.2, 0.25) is 0 Å². The van der Waals surface area contributed by atoms with Crippen LogP contribution in [-0.4, -0.2) is 0 Å². The fourth-order valence-electron chi connectivity index (χ4n) is 10.9. The van der Waals surface area contributed by atoms with Crippen molar-refractivity contribution in [2.24, 2.45) is 0 Å². The van der Waals surface area contributed by atoms with E-state index in [-0.39, 0.29) is 21.7 Å². The highest BCUT2D eigenvalue weighted by Crippen LogP contribution is 2.56. The first-order valence-corrected chi connectivity index (χ1v) is 21.9. The van der Waals surface area contributed by atoms with Crippen molar-refractivity contribution in [3.8, 4) is 55.6 Å². The predicted molar refractivity (Wildman–Crippen MR) is 259 cm³/mol. The molecular formula is C60H54. The van der Waals surface area contributed by atoms with E-state index in [1.165, 1.54) is 121 Å². The average molecular weight is 775 g/mol. The molecule has 0 amide bonds. The minimum atomic E-state index is -0.165. The van der Waals surface area contributed by atoms with Gasteiger partial charge >= 0.3 is 0 Å². The van der Waals surface area contributed by atoms with Crippen LogP contribution in [0.15, 0.2) is 146 Å². The maximum Gasteiger partial charge on any atom is 0.0159 e. The second-order valence-electron chi connectivity index (χ2n) is 21.0. The predicted octanol–water partition coefficient (Wildman–Crippen LogP) is 16.8. The summed E-state index contributed by atoms with van der Waals surface area (Å²) in [6, 6.07) is 56.4. The largest absolute Gasteiger partial charge is 0.0610 e. The van der Waals surface area contributed by atoms with Crippen molar-refractivity contribution < 1.29 is 0 Å². The Hall–Kier alpha value is -5.98. The first kappa shape index (κ1) is 37.1. The lowest BCUT2D eigenvalue weighted by atomic mass is 9.76. The molecule has 0 bridgehead atoms. The number of hydrogen-bond donors (Lipinski definition) is 0. The lowest BCUT2D eigenvalue weighted by Crippen LogP contribution is -2.19. The molecule has 0 unspecified atom stereocenters. The fourth-order valence-corrected chi connectivity index (χ4v) is 10.9. The van der Waals surface area contributed by atoms with Gasteiger partial charge in [0.1, 0.15) is 0 Å². The van der Waals surface area contributed by atoms with E-state index in [4.69, 9.17) is 0 Å². The Balaban J connectivity index is 1.02. The normalized spacial score (nSPS) is 15.1. The molecule has 0 fully saturated rings. The van der Waals surface area contributed by atoms with Gasteiger partial charge in [0.15, 0.2) is 0 Å². The molecule has 0 aliphatic heterocycles. The fraction of sp³-hybridized carbons (Fsp3) is 0.233. The first-order chi connectivity index (χ1) is 28.5. The summed E-state index contributed by atoms with van der Waals surface area (Å²) in [6.45, 7) is 23.8. The molecule has 2 aliphatic rings. The van der Waals surface area contributed by atoms with E-state index in [9.17, 15) is 0 Å². The summed E-state index contributed by atoms with van der Waals surface area (Å²) < 4.78 is 0. The molecule has 60 heavy (non-hydrogen) atoms. The van der Waals surface area contributed by atoms with Crippen LogP contribution >= 0.6 is 0 Å². The standard InChI is InChI=1S/C60H54/c1-57(2,3)42-24-27-47-52(33-42)60(9,10)53-34-43(58(4,5)6)32-49(56(47)53)40-23-26-45-44-25-22-38(30-50(44)59(7,8)51(45)31-40)37-16-12-17-39(28-37)48-29-41-18-11-14-35-20-21-36-15-13-19-46(48)55(36)54(35)41/h11-34H,1-10H3. The lowest BCUT2D eigenvalue weighted by Gasteiger charge is -2.28. The second-order valence-corrected chi connectivity index (χ2v) is 21.0. The summed E-state index contributed by atoms with van der Waals surface area (Å²) in [6.07, 6.45) is 0. The summed E-state index contributed by atoms with van der Waals surface area (Å²) in [5.41, 5.74) is 21.5. The van der Waals surface area contributed by atoms with E-state index in [0.717, 1.165) is 0 Å². The summed E-state index contributed by atoms with van der Waals surface area (Å²) in [7, 11) is 0. The van der Waals surface area contributed by atoms with Crippen molar-refractivity contribution in [3.05, 3.63) is 179 Å². The van der Waals surface area contributed by atoms with Crippen molar-refractivity contribution in [2.45, 2.75) is 90.9 Å². The van der Waals surface area contributed by atoms with Crippen LogP contribution in [0.25, 0.3) is 88.0 Å². The Labute approximate surface area is 356 Å². The van der Waals surface area contributed by atoms with E-state index in [0.29, 0.717) is 0 Å². The lowest BCUT2D eigenvalue weighted by molar-refractivity contribution is 0.580. The van der Waals surface area contributed by atoms with Crippen LogP contribution in [0.1, 0.15) is 103 Å². The molecule has 0 N–H and O–H groups in total. The zero-order chi connectivity index (χ0) is 41.7. The van der Waals surface area contributed by atoms with Crippen molar-refractivity contribution in [2.75, 3.05) is 0 Å². The molecule has 0 heterocycles. The molecule has 0 radical (unpaired) electrons. The van der Waals surface area contributed by atoms with Crippen molar-refractivity contribution >= 4 is 32.3 Å². The minimum Gasteiger partial charge on any atom is -0.0610 e. The Morgan fingerprint density at radius 2 is 0.850 bits per heavy atom. The van der Waals surface area contributed by atoms with Gasteiger partial charge in [0.2, 0.25) is 0 Å². The maximum absolute atomic E-state index is 2.53. The van der Waals surface area contributed by atoms with E-state index in [1.807, 2.05) is 0 Å². The van der Waals surface area contributed by atoms with Crippen LogP contribution in [0.5, 0.6) is 0 Å². The third-order valence-electron chi connectivity index (χ3n) is 14.5. The molecular weight excluding hydrogens is 721 g/mol. The summed E-state index contributed by atoms with van der Waals surface area (Å²) in [4.78, 5) is 0. The van der Waals surface area contributed by atoms with Crippen molar-refractivity contribution in [1.29, 1.82) is 0 Å². The van der Waals surface area contributed by atoms with Gasteiger partial charge in [-0.15, -0.1) is 0 Å². The van der Waals surface area contributed by atoms with Gasteiger partial charge in [-0.3, -0.25) is 0 Å². The Morgan fingerprint density at radius 1 is 0.333 bits per heavy atom. The SMILES string of the molecule is CC(C)(C)c1ccc2c(c1)C(C)(C)c1cc(C(C)(C)C)cc(-c3ccc4c(c3)C(C)(C)c3cc(-c5cccc(-c6cc7cccc8ccc9cccc6c9c87)c5)ccc3-4)c1-2. The molecule has 0 saturated carbocycles. The highest BCUT2D eigenvalue weighted by Gasteiger charge is 2.40. The molecule has 0 nitrogen and oxygen atoms in total. The highest BCUT2D eigenvalue weighted by atomic mass is 14.4.